The summed E-state index contributed by atoms with van der Waals surface area (Å²) in [4.78, 5) is 26.5. The van der Waals surface area contributed by atoms with Crippen LogP contribution in [0.2, 0.25) is 0 Å². The molecule has 154 valence electrons. The zero-order chi connectivity index (χ0) is 21.8. The van der Waals surface area contributed by atoms with E-state index >= 15 is 0 Å². The largest absolute Gasteiger partial charge is 0.478 e. The molecule has 8 nitrogen and oxygen atoms in total. The number of hydrogen-bond donors (Lipinski definition) is 3. The van der Waals surface area contributed by atoms with Gasteiger partial charge in [-0.3, -0.25) is 0 Å². The van der Waals surface area contributed by atoms with Crippen LogP contribution in [0.5, 0.6) is 0 Å². The van der Waals surface area contributed by atoms with Gasteiger partial charge in [0.05, 0.1) is 22.5 Å². The average Bonchev–Trinajstić information content (AvgIpc) is 3.23. The van der Waals surface area contributed by atoms with E-state index in [1.54, 1.807) is 35.1 Å². The van der Waals surface area contributed by atoms with Gasteiger partial charge in [-0.15, -0.1) is 0 Å². The SMILES string of the molecule is O=C(O)c1ccc(-c2nn(-c3ccc(C(=O)O)cc3)cc2CNc2ccccn2)cc1. The van der Waals surface area contributed by atoms with E-state index in [2.05, 4.69) is 15.4 Å². The molecule has 0 saturated heterocycles. The molecule has 0 aliphatic carbocycles. The first kappa shape index (κ1) is 19.8. The Bertz CT molecular complexity index is 1220. The molecule has 0 radical (unpaired) electrons. The van der Waals surface area contributed by atoms with Gasteiger partial charge < -0.3 is 15.5 Å². The standard InChI is InChI=1S/C23H18N4O4/c28-22(29)16-6-4-15(5-7-16)21-18(13-25-20-3-1-2-12-24-20)14-27(26-21)19-10-8-17(9-11-19)23(30)31/h1-12,14H,13H2,(H,24,25)(H,28,29)(H,30,31). The zero-order valence-corrected chi connectivity index (χ0v) is 16.3. The van der Waals surface area contributed by atoms with Gasteiger partial charge in [0, 0.05) is 30.1 Å². The van der Waals surface area contributed by atoms with Crippen LogP contribution in [0.15, 0.2) is 79.1 Å². The lowest BCUT2D eigenvalue weighted by atomic mass is 10.1. The van der Waals surface area contributed by atoms with Crippen LogP contribution >= 0.6 is 0 Å². The second-order valence-electron chi connectivity index (χ2n) is 6.75. The lowest BCUT2D eigenvalue weighted by Gasteiger charge is -2.06. The summed E-state index contributed by atoms with van der Waals surface area (Å²) in [6, 6.07) is 18.5. The molecule has 0 bridgehead atoms. The molecule has 0 unspecified atom stereocenters. The Balaban J connectivity index is 1.70. The van der Waals surface area contributed by atoms with Crippen LogP contribution in [0, 0.1) is 0 Å². The number of carbonyl (C=O) groups is 2. The molecule has 2 heterocycles. The first-order chi connectivity index (χ1) is 15.0. The lowest BCUT2D eigenvalue weighted by Crippen LogP contribution is -2.01. The van der Waals surface area contributed by atoms with E-state index in [4.69, 9.17) is 10.2 Å². The Morgan fingerprint density at radius 1 is 0.871 bits per heavy atom. The average molecular weight is 414 g/mol. The summed E-state index contributed by atoms with van der Waals surface area (Å²) in [5.74, 6) is -1.27. The van der Waals surface area contributed by atoms with E-state index in [1.807, 2.05) is 24.4 Å². The maximum absolute atomic E-state index is 11.2. The predicted octanol–water partition coefficient (Wildman–Crippen LogP) is 3.94. The molecule has 0 saturated carbocycles. The highest BCUT2D eigenvalue weighted by Crippen LogP contribution is 2.25. The van der Waals surface area contributed by atoms with Gasteiger partial charge in [0.15, 0.2) is 0 Å². The maximum Gasteiger partial charge on any atom is 0.335 e. The maximum atomic E-state index is 11.2. The van der Waals surface area contributed by atoms with Gasteiger partial charge in [0.2, 0.25) is 0 Å². The summed E-state index contributed by atoms with van der Waals surface area (Å²) in [7, 11) is 0. The minimum Gasteiger partial charge on any atom is -0.478 e. The highest BCUT2D eigenvalue weighted by molar-refractivity contribution is 5.88. The molecule has 4 aromatic rings. The molecule has 2 aromatic heterocycles. The fraction of sp³-hybridized carbons (Fsp3) is 0.0435. The molecule has 3 N–H and O–H groups in total. The zero-order valence-electron chi connectivity index (χ0n) is 16.3. The molecule has 0 spiro atoms. The van der Waals surface area contributed by atoms with Crippen LogP contribution in [0.1, 0.15) is 26.3 Å². The van der Waals surface area contributed by atoms with E-state index in [-0.39, 0.29) is 11.1 Å². The summed E-state index contributed by atoms with van der Waals surface area (Å²) in [5, 5.41) is 26.2. The number of rotatable bonds is 7. The Kier molecular flexibility index (Phi) is 5.44. The van der Waals surface area contributed by atoms with Gasteiger partial charge >= 0.3 is 11.9 Å². The highest BCUT2D eigenvalue weighted by atomic mass is 16.4. The third kappa shape index (κ3) is 4.43. The van der Waals surface area contributed by atoms with Crippen molar-refractivity contribution in [3.63, 3.8) is 0 Å². The van der Waals surface area contributed by atoms with Crippen LogP contribution in [0.3, 0.4) is 0 Å². The number of pyridine rings is 1. The summed E-state index contributed by atoms with van der Waals surface area (Å²) in [6.07, 6.45) is 3.55. The number of anilines is 1. The summed E-state index contributed by atoms with van der Waals surface area (Å²) in [5.41, 5.74) is 3.41. The van der Waals surface area contributed by atoms with E-state index in [9.17, 15) is 9.59 Å². The molecule has 8 heteroatoms. The molecule has 31 heavy (non-hydrogen) atoms. The van der Waals surface area contributed by atoms with Crippen molar-refractivity contribution in [1.82, 2.24) is 14.8 Å². The first-order valence-corrected chi connectivity index (χ1v) is 9.42. The number of hydrogen-bond acceptors (Lipinski definition) is 5. The third-order valence-electron chi connectivity index (χ3n) is 4.70. The number of aromatic nitrogens is 3. The Morgan fingerprint density at radius 3 is 2.10 bits per heavy atom. The Morgan fingerprint density at radius 2 is 1.52 bits per heavy atom. The first-order valence-electron chi connectivity index (χ1n) is 9.42. The van der Waals surface area contributed by atoms with Crippen molar-refractivity contribution in [2.24, 2.45) is 0 Å². The van der Waals surface area contributed by atoms with Gasteiger partial charge in [-0.05, 0) is 48.5 Å². The topological polar surface area (TPSA) is 117 Å². The Hall–Kier alpha value is -4.46. The minimum absolute atomic E-state index is 0.192. The summed E-state index contributed by atoms with van der Waals surface area (Å²) in [6.45, 7) is 0.445. The smallest absolute Gasteiger partial charge is 0.335 e. The summed E-state index contributed by atoms with van der Waals surface area (Å²) >= 11 is 0. The molecular weight excluding hydrogens is 396 g/mol. The van der Waals surface area contributed by atoms with Crippen molar-refractivity contribution in [1.29, 1.82) is 0 Å². The van der Waals surface area contributed by atoms with E-state index in [0.717, 1.165) is 11.1 Å². The Labute approximate surface area is 177 Å². The van der Waals surface area contributed by atoms with E-state index < -0.39 is 11.9 Å². The number of nitrogens with one attached hydrogen (secondary N) is 1. The van der Waals surface area contributed by atoms with Crippen molar-refractivity contribution in [3.05, 3.63) is 95.8 Å². The van der Waals surface area contributed by atoms with Crippen molar-refractivity contribution in [2.45, 2.75) is 6.54 Å². The van der Waals surface area contributed by atoms with Crippen molar-refractivity contribution >= 4 is 17.8 Å². The normalized spacial score (nSPS) is 10.6. The van der Waals surface area contributed by atoms with E-state index in [0.29, 0.717) is 23.7 Å². The van der Waals surface area contributed by atoms with Gasteiger partial charge in [-0.25, -0.2) is 19.3 Å². The minimum atomic E-state index is -0.994. The van der Waals surface area contributed by atoms with Crippen LogP contribution in [-0.4, -0.2) is 36.9 Å². The number of carboxylic acids is 2. The number of nitrogens with zero attached hydrogens (tertiary/aromatic N) is 3. The van der Waals surface area contributed by atoms with Gasteiger partial charge in [0.1, 0.15) is 5.82 Å². The van der Waals surface area contributed by atoms with Crippen LogP contribution in [0.25, 0.3) is 16.9 Å². The van der Waals surface area contributed by atoms with Gasteiger partial charge in [-0.1, -0.05) is 18.2 Å². The molecule has 0 aliphatic heterocycles. The second kappa shape index (κ2) is 8.50. The van der Waals surface area contributed by atoms with Crippen molar-refractivity contribution in [3.8, 4) is 16.9 Å². The fourth-order valence-electron chi connectivity index (χ4n) is 3.09. The summed E-state index contributed by atoms with van der Waals surface area (Å²) < 4.78 is 1.67. The molecule has 0 atom stereocenters. The molecule has 0 aliphatic rings. The van der Waals surface area contributed by atoms with Crippen LogP contribution < -0.4 is 5.32 Å². The second-order valence-corrected chi connectivity index (χ2v) is 6.75. The third-order valence-corrected chi connectivity index (χ3v) is 4.70. The van der Waals surface area contributed by atoms with Crippen molar-refractivity contribution in [2.75, 3.05) is 5.32 Å². The quantitative estimate of drug-likeness (QED) is 0.419. The van der Waals surface area contributed by atoms with Gasteiger partial charge in [-0.2, -0.15) is 5.10 Å². The van der Waals surface area contributed by atoms with Gasteiger partial charge in [0.25, 0.3) is 0 Å². The van der Waals surface area contributed by atoms with Crippen molar-refractivity contribution < 1.29 is 19.8 Å². The lowest BCUT2D eigenvalue weighted by molar-refractivity contribution is 0.0686. The van der Waals surface area contributed by atoms with E-state index in [1.165, 1.54) is 24.3 Å². The molecule has 2 aromatic carbocycles. The number of aromatic carboxylic acids is 2. The molecule has 0 amide bonds. The molecule has 0 fully saturated rings. The molecular formula is C23H18N4O4. The predicted molar refractivity (Wildman–Crippen MR) is 114 cm³/mol. The number of benzene rings is 2. The number of carboxylic acid groups (broad SMARTS) is 2. The fourth-order valence-corrected chi connectivity index (χ4v) is 3.09. The van der Waals surface area contributed by atoms with Crippen LogP contribution in [0.4, 0.5) is 5.82 Å². The molecule has 4 rings (SSSR count). The van der Waals surface area contributed by atoms with Crippen LogP contribution in [-0.2, 0) is 6.54 Å². The monoisotopic (exact) mass is 414 g/mol. The highest BCUT2D eigenvalue weighted by Gasteiger charge is 2.14.